The number of nitrogens with one attached hydrogen (secondary N) is 1. The van der Waals surface area contributed by atoms with Gasteiger partial charge in [-0.15, -0.1) is 0 Å². The smallest absolute Gasteiger partial charge is 0.264 e. The number of hydrogen-bond acceptors (Lipinski definition) is 2. The van der Waals surface area contributed by atoms with Gasteiger partial charge in [-0.05, 0) is 29.8 Å². The zero-order valence-electron chi connectivity index (χ0n) is 13.0. The van der Waals surface area contributed by atoms with Crippen molar-refractivity contribution < 1.29 is 21.6 Å². The first kappa shape index (κ1) is 18.3. The third kappa shape index (κ3) is 3.68. The molecule has 0 saturated carbocycles. The maximum atomic E-state index is 14.1. The van der Waals surface area contributed by atoms with Crippen LogP contribution in [0.1, 0.15) is 0 Å². The molecule has 0 unspecified atom stereocenters. The maximum Gasteiger partial charge on any atom is 0.264 e. The van der Waals surface area contributed by atoms with E-state index in [2.05, 4.69) is 0 Å². The van der Waals surface area contributed by atoms with Gasteiger partial charge in [0, 0.05) is 16.7 Å². The molecule has 0 spiro atoms. The third-order valence-electron chi connectivity index (χ3n) is 3.57. The predicted octanol–water partition coefficient (Wildman–Crippen LogP) is 5.23. The largest absolute Gasteiger partial charge is 0.277 e. The van der Waals surface area contributed by atoms with Gasteiger partial charge in [-0.3, -0.25) is 4.72 Å². The van der Waals surface area contributed by atoms with Crippen LogP contribution in [0.2, 0.25) is 5.02 Å². The van der Waals surface area contributed by atoms with Gasteiger partial charge in [0.2, 0.25) is 0 Å². The lowest BCUT2D eigenvalue weighted by Gasteiger charge is -2.12. The lowest BCUT2D eigenvalue weighted by atomic mass is 10.0. The average Bonchev–Trinajstić information content (AvgIpc) is 2.60. The van der Waals surface area contributed by atoms with Crippen molar-refractivity contribution in [2.24, 2.45) is 0 Å². The van der Waals surface area contributed by atoms with Gasteiger partial charge in [0.15, 0.2) is 0 Å². The lowest BCUT2D eigenvalue weighted by Crippen LogP contribution is -2.16. The zero-order chi connectivity index (χ0) is 18.9. The zero-order valence-corrected chi connectivity index (χ0v) is 14.6. The van der Waals surface area contributed by atoms with Crippen molar-refractivity contribution >= 4 is 27.3 Å². The van der Waals surface area contributed by atoms with Gasteiger partial charge in [0.1, 0.15) is 22.3 Å². The molecule has 0 aromatic heterocycles. The Morgan fingerprint density at radius 2 is 1.50 bits per heavy atom. The van der Waals surface area contributed by atoms with Crippen molar-refractivity contribution in [3.05, 3.63) is 83.1 Å². The second kappa shape index (κ2) is 7.01. The van der Waals surface area contributed by atoms with E-state index in [1.165, 1.54) is 6.07 Å². The van der Waals surface area contributed by atoms with Gasteiger partial charge in [0.25, 0.3) is 10.0 Å². The minimum absolute atomic E-state index is 0.00340. The number of anilines is 1. The molecule has 134 valence electrons. The molecule has 0 atom stereocenters. The van der Waals surface area contributed by atoms with Crippen LogP contribution < -0.4 is 4.72 Å². The highest BCUT2D eigenvalue weighted by atomic mass is 35.5. The Bertz CT molecular complexity index is 1070. The van der Waals surface area contributed by atoms with Crippen molar-refractivity contribution in [1.29, 1.82) is 0 Å². The molecule has 3 nitrogen and oxygen atoms in total. The summed E-state index contributed by atoms with van der Waals surface area (Å²) in [5, 5.41) is -0.00340. The van der Waals surface area contributed by atoms with Crippen LogP contribution in [0.4, 0.5) is 18.9 Å². The van der Waals surface area contributed by atoms with E-state index >= 15 is 0 Å². The van der Waals surface area contributed by atoms with Gasteiger partial charge < -0.3 is 0 Å². The van der Waals surface area contributed by atoms with Gasteiger partial charge in [0.05, 0.1) is 5.69 Å². The summed E-state index contributed by atoms with van der Waals surface area (Å²) in [6.45, 7) is 0. The average molecular weight is 398 g/mol. The van der Waals surface area contributed by atoms with Crippen molar-refractivity contribution in [1.82, 2.24) is 0 Å². The number of benzene rings is 3. The van der Waals surface area contributed by atoms with Gasteiger partial charge in [-0.1, -0.05) is 41.9 Å². The van der Waals surface area contributed by atoms with E-state index in [0.29, 0.717) is 11.6 Å². The van der Waals surface area contributed by atoms with E-state index in [9.17, 15) is 21.6 Å². The highest BCUT2D eigenvalue weighted by molar-refractivity contribution is 7.92. The summed E-state index contributed by atoms with van der Waals surface area (Å²) in [5.74, 6) is -3.04. The van der Waals surface area contributed by atoms with Crippen LogP contribution in [-0.2, 0) is 10.0 Å². The van der Waals surface area contributed by atoms with E-state index in [1.54, 1.807) is 30.3 Å². The van der Waals surface area contributed by atoms with Gasteiger partial charge in [-0.25, -0.2) is 21.6 Å². The van der Waals surface area contributed by atoms with Gasteiger partial charge in [-0.2, -0.15) is 0 Å². The molecule has 0 aliphatic heterocycles. The first-order valence-corrected chi connectivity index (χ1v) is 9.16. The topological polar surface area (TPSA) is 46.2 Å². The van der Waals surface area contributed by atoms with Crippen LogP contribution in [0.25, 0.3) is 11.1 Å². The Kier molecular flexibility index (Phi) is 4.93. The molecule has 0 heterocycles. The molecule has 0 aliphatic carbocycles. The fourth-order valence-electron chi connectivity index (χ4n) is 2.35. The summed E-state index contributed by atoms with van der Waals surface area (Å²) >= 11 is 5.70. The summed E-state index contributed by atoms with van der Waals surface area (Å²) in [5.41, 5.74) is -0.0831. The minimum atomic E-state index is -4.47. The van der Waals surface area contributed by atoms with Crippen LogP contribution in [0.3, 0.4) is 0 Å². The van der Waals surface area contributed by atoms with Crippen LogP contribution in [0.15, 0.2) is 65.6 Å². The Morgan fingerprint density at radius 1 is 0.808 bits per heavy atom. The van der Waals surface area contributed by atoms with Crippen molar-refractivity contribution in [2.75, 3.05) is 4.72 Å². The quantitative estimate of drug-likeness (QED) is 0.655. The summed E-state index contributed by atoms with van der Waals surface area (Å²) in [6.07, 6.45) is 0. The summed E-state index contributed by atoms with van der Waals surface area (Å²) in [7, 11) is -4.47. The summed E-state index contributed by atoms with van der Waals surface area (Å²) in [6, 6.07) is 12.8. The molecular formula is C18H11ClF3NO2S. The number of rotatable bonds is 4. The Labute approximate surface area is 153 Å². The van der Waals surface area contributed by atoms with Crippen molar-refractivity contribution in [3.8, 4) is 11.1 Å². The molecular weight excluding hydrogens is 387 g/mol. The third-order valence-corrected chi connectivity index (χ3v) is 5.18. The first-order chi connectivity index (χ1) is 12.3. The highest BCUT2D eigenvalue weighted by Gasteiger charge is 2.22. The second-order valence-electron chi connectivity index (χ2n) is 5.36. The van der Waals surface area contributed by atoms with Crippen LogP contribution in [0.5, 0.6) is 0 Å². The van der Waals surface area contributed by atoms with Crippen molar-refractivity contribution in [3.63, 3.8) is 0 Å². The molecule has 0 fully saturated rings. The molecule has 3 aromatic rings. The Morgan fingerprint density at radius 3 is 2.19 bits per heavy atom. The molecule has 3 rings (SSSR count). The molecule has 0 saturated heterocycles. The van der Waals surface area contributed by atoms with E-state index in [-0.39, 0.29) is 10.6 Å². The number of sulfonamides is 1. The Hall–Kier alpha value is -2.51. The highest BCUT2D eigenvalue weighted by Crippen LogP contribution is 2.30. The molecule has 0 radical (unpaired) electrons. The van der Waals surface area contributed by atoms with E-state index < -0.39 is 38.1 Å². The molecule has 1 N–H and O–H groups in total. The Balaban J connectivity index is 2.06. The van der Waals surface area contributed by atoms with Crippen molar-refractivity contribution in [2.45, 2.75) is 4.90 Å². The van der Waals surface area contributed by atoms with Gasteiger partial charge >= 0.3 is 0 Å². The second-order valence-corrected chi connectivity index (χ2v) is 7.45. The molecule has 0 amide bonds. The SMILES string of the molecule is O=S(=O)(Nc1cc(-c2ccccc2)c(F)cc1F)c1cc(Cl)ccc1F. The minimum Gasteiger partial charge on any atom is -0.277 e. The fourth-order valence-corrected chi connectivity index (χ4v) is 3.75. The van der Waals surface area contributed by atoms with E-state index in [1.807, 2.05) is 4.72 Å². The fraction of sp³-hybridized carbons (Fsp3) is 0. The van der Waals surface area contributed by atoms with Crippen LogP contribution in [0, 0.1) is 17.5 Å². The first-order valence-electron chi connectivity index (χ1n) is 7.30. The summed E-state index contributed by atoms with van der Waals surface area (Å²) in [4.78, 5) is -0.741. The van der Waals surface area contributed by atoms with Crippen LogP contribution in [-0.4, -0.2) is 8.42 Å². The van der Waals surface area contributed by atoms with Crippen LogP contribution >= 0.6 is 11.6 Å². The molecule has 26 heavy (non-hydrogen) atoms. The van der Waals surface area contributed by atoms with E-state index in [4.69, 9.17) is 11.6 Å². The van der Waals surface area contributed by atoms with E-state index in [0.717, 1.165) is 18.2 Å². The molecule has 3 aromatic carbocycles. The molecule has 0 bridgehead atoms. The normalized spacial score (nSPS) is 11.4. The summed E-state index contributed by atoms with van der Waals surface area (Å²) < 4.78 is 68.7. The molecule has 8 heteroatoms. The monoisotopic (exact) mass is 397 g/mol. The maximum absolute atomic E-state index is 14.1. The molecule has 0 aliphatic rings. The standard InChI is InChI=1S/C18H11ClF3NO2S/c19-12-6-7-14(20)18(8-12)26(24,25)23-17-9-13(15(21)10-16(17)22)11-4-2-1-3-5-11/h1-10,23H. The number of hydrogen-bond donors (Lipinski definition) is 1. The number of halogens is 4. The predicted molar refractivity (Wildman–Crippen MR) is 94.0 cm³/mol. The lowest BCUT2D eigenvalue weighted by molar-refractivity contribution is 0.568.